The first-order valence-corrected chi connectivity index (χ1v) is 10.2. The van der Waals surface area contributed by atoms with E-state index in [2.05, 4.69) is 10.6 Å². The first kappa shape index (κ1) is 20.7. The van der Waals surface area contributed by atoms with Crippen molar-refractivity contribution in [1.29, 1.82) is 0 Å². The highest BCUT2D eigenvalue weighted by Gasteiger charge is 2.18. The second kappa shape index (κ2) is 9.96. The van der Waals surface area contributed by atoms with Crippen molar-refractivity contribution in [2.75, 3.05) is 30.3 Å². The minimum atomic E-state index is -0.168. The minimum absolute atomic E-state index is 0.0253. The van der Waals surface area contributed by atoms with Crippen LogP contribution in [-0.4, -0.2) is 42.5 Å². The molecule has 0 bridgehead atoms. The highest BCUT2D eigenvalue weighted by atomic mass is 16.5. The van der Waals surface area contributed by atoms with E-state index in [9.17, 15) is 9.59 Å². The summed E-state index contributed by atoms with van der Waals surface area (Å²) >= 11 is 0. The van der Waals surface area contributed by atoms with Gasteiger partial charge in [-0.15, -0.1) is 0 Å². The summed E-state index contributed by atoms with van der Waals surface area (Å²) in [7, 11) is 0. The molecule has 2 aromatic carbocycles. The number of carbonyl (C=O) groups is 2. The van der Waals surface area contributed by atoms with Gasteiger partial charge in [0.05, 0.1) is 18.3 Å². The SMILES string of the molecule is CC(C)Oc1ccccc1NC(=O)CNc1ccc(C(=O)N2CCCCC2)cc1. The molecule has 0 aliphatic carbocycles. The highest BCUT2D eigenvalue weighted by Crippen LogP contribution is 2.24. The fourth-order valence-corrected chi connectivity index (χ4v) is 3.31. The smallest absolute Gasteiger partial charge is 0.253 e. The summed E-state index contributed by atoms with van der Waals surface area (Å²) in [5.41, 5.74) is 2.12. The number of hydrogen-bond donors (Lipinski definition) is 2. The van der Waals surface area contributed by atoms with Crippen LogP contribution >= 0.6 is 0 Å². The Kier molecular flexibility index (Phi) is 7.11. The van der Waals surface area contributed by atoms with Crippen LogP contribution in [0, 0.1) is 0 Å². The van der Waals surface area contributed by atoms with E-state index in [4.69, 9.17) is 4.74 Å². The van der Waals surface area contributed by atoms with E-state index >= 15 is 0 Å². The molecule has 2 amide bonds. The molecule has 0 radical (unpaired) electrons. The Balaban J connectivity index is 1.52. The maximum Gasteiger partial charge on any atom is 0.253 e. The van der Waals surface area contributed by atoms with Gasteiger partial charge in [-0.1, -0.05) is 12.1 Å². The van der Waals surface area contributed by atoms with Gasteiger partial charge in [0.2, 0.25) is 5.91 Å². The van der Waals surface area contributed by atoms with Gasteiger partial charge in [0.15, 0.2) is 0 Å². The molecule has 3 rings (SSSR count). The van der Waals surface area contributed by atoms with Gasteiger partial charge in [-0.25, -0.2) is 0 Å². The summed E-state index contributed by atoms with van der Waals surface area (Å²) in [6, 6.07) is 14.7. The Morgan fingerprint density at radius 2 is 1.69 bits per heavy atom. The third kappa shape index (κ3) is 5.98. The molecule has 1 heterocycles. The van der Waals surface area contributed by atoms with Crippen LogP contribution < -0.4 is 15.4 Å². The molecule has 1 fully saturated rings. The van der Waals surface area contributed by atoms with Gasteiger partial charge in [0, 0.05) is 24.3 Å². The van der Waals surface area contributed by atoms with Gasteiger partial charge in [0.1, 0.15) is 5.75 Å². The van der Waals surface area contributed by atoms with Gasteiger partial charge in [-0.05, 0) is 69.5 Å². The maximum absolute atomic E-state index is 12.5. The molecule has 0 atom stereocenters. The van der Waals surface area contributed by atoms with Crippen molar-refractivity contribution < 1.29 is 14.3 Å². The summed E-state index contributed by atoms with van der Waals surface area (Å²) in [6.45, 7) is 5.68. The lowest BCUT2D eigenvalue weighted by atomic mass is 10.1. The van der Waals surface area contributed by atoms with Gasteiger partial charge >= 0.3 is 0 Å². The summed E-state index contributed by atoms with van der Waals surface area (Å²) in [5, 5.41) is 5.96. The number of piperidine rings is 1. The zero-order chi connectivity index (χ0) is 20.6. The number of amides is 2. The van der Waals surface area contributed by atoms with E-state index in [-0.39, 0.29) is 24.5 Å². The van der Waals surface area contributed by atoms with Crippen molar-refractivity contribution in [2.24, 2.45) is 0 Å². The van der Waals surface area contributed by atoms with Crippen molar-refractivity contribution in [2.45, 2.75) is 39.2 Å². The number of hydrogen-bond acceptors (Lipinski definition) is 4. The lowest BCUT2D eigenvalue weighted by Crippen LogP contribution is -2.35. The van der Waals surface area contributed by atoms with Gasteiger partial charge in [0.25, 0.3) is 5.91 Å². The number of ether oxygens (including phenoxy) is 1. The molecule has 0 spiro atoms. The van der Waals surface area contributed by atoms with Crippen molar-refractivity contribution in [1.82, 2.24) is 4.90 Å². The molecule has 154 valence electrons. The van der Waals surface area contributed by atoms with Crippen LogP contribution in [0.1, 0.15) is 43.5 Å². The lowest BCUT2D eigenvalue weighted by molar-refractivity contribution is -0.114. The monoisotopic (exact) mass is 395 g/mol. The first-order valence-electron chi connectivity index (χ1n) is 10.2. The fraction of sp³-hybridized carbons (Fsp3) is 0.391. The van der Waals surface area contributed by atoms with E-state index < -0.39 is 0 Å². The van der Waals surface area contributed by atoms with Gasteiger partial charge in [-0.2, -0.15) is 0 Å². The number of para-hydroxylation sites is 2. The van der Waals surface area contributed by atoms with Crippen molar-refractivity contribution in [3.8, 4) is 5.75 Å². The molecule has 2 N–H and O–H groups in total. The summed E-state index contributed by atoms with van der Waals surface area (Å²) in [4.78, 5) is 26.7. The molecule has 0 saturated carbocycles. The first-order chi connectivity index (χ1) is 14.0. The average Bonchev–Trinajstić information content (AvgIpc) is 2.74. The third-order valence-corrected chi connectivity index (χ3v) is 4.75. The number of likely N-dealkylation sites (tertiary alicyclic amines) is 1. The van der Waals surface area contributed by atoms with Crippen LogP contribution in [0.15, 0.2) is 48.5 Å². The van der Waals surface area contributed by atoms with E-state index in [0.29, 0.717) is 17.0 Å². The Hall–Kier alpha value is -3.02. The zero-order valence-corrected chi connectivity index (χ0v) is 17.1. The predicted molar refractivity (Wildman–Crippen MR) is 116 cm³/mol. The standard InChI is InChI=1S/C23H29N3O3/c1-17(2)29-21-9-5-4-8-20(21)25-22(27)16-24-19-12-10-18(11-13-19)23(28)26-14-6-3-7-15-26/h4-5,8-13,17,24H,3,6-7,14-16H2,1-2H3,(H,25,27). The molecule has 1 aliphatic rings. The Labute approximate surface area is 172 Å². The maximum atomic E-state index is 12.5. The number of anilines is 2. The molecule has 1 aliphatic heterocycles. The average molecular weight is 396 g/mol. The van der Waals surface area contributed by atoms with E-state index in [1.807, 2.05) is 67.3 Å². The molecule has 6 nitrogen and oxygen atoms in total. The van der Waals surface area contributed by atoms with E-state index in [0.717, 1.165) is 31.6 Å². The summed E-state index contributed by atoms with van der Waals surface area (Å²) in [5.74, 6) is 0.561. The van der Waals surface area contributed by atoms with Crippen LogP contribution in [0.5, 0.6) is 5.75 Å². The van der Waals surface area contributed by atoms with Crippen LogP contribution in [0.3, 0.4) is 0 Å². The lowest BCUT2D eigenvalue weighted by Gasteiger charge is -2.26. The second-order valence-electron chi connectivity index (χ2n) is 7.49. The van der Waals surface area contributed by atoms with E-state index in [1.165, 1.54) is 6.42 Å². The van der Waals surface area contributed by atoms with Crippen molar-refractivity contribution >= 4 is 23.2 Å². The zero-order valence-electron chi connectivity index (χ0n) is 17.1. The molecule has 29 heavy (non-hydrogen) atoms. The molecular formula is C23H29N3O3. The van der Waals surface area contributed by atoms with Crippen molar-refractivity contribution in [3.05, 3.63) is 54.1 Å². The quantitative estimate of drug-likeness (QED) is 0.739. The molecule has 6 heteroatoms. The summed E-state index contributed by atoms with van der Waals surface area (Å²) in [6.07, 6.45) is 3.37. The molecular weight excluding hydrogens is 366 g/mol. The number of rotatable bonds is 7. The van der Waals surface area contributed by atoms with Crippen LogP contribution in [0.4, 0.5) is 11.4 Å². The number of nitrogens with zero attached hydrogens (tertiary/aromatic N) is 1. The van der Waals surface area contributed by atoms with Crippen molar-refractivity contribution in [3.63, 3.8) is 0 Å². The van der Waals surface area contributed by atoms with Gasteiger partial charge in [-0.3, -0.25) is 9.59 Å². The largest absolute Gasteiger partial charge is 0.489 e. The van der Waals surface area contributed by atoms with Crippen LogP contribution in [-0.2, 0) is 4.79 Å². The molecule has 2 aromatic rings. The third-order valence-electron chi connectivity index (χ3n) is 4.75. The van der Waals surface area contributed by atoms with Gasteiger partial charge < -0.3 is 20.3 Å². The number of carbonyl (C=O) groups excluding carboxylic acids is 2. The van der Waals surface area contributed by atoms with E-state index in [1.54, 1.807) is 0 Å². The van der Waals surface area contributed by atoms with Crippen LogP contribution in [0.2, 0.25) is 0 Å². The topological polar surface area (TPSA) is 70.7 Å². The Bertz CT molecular complexity index is 828. The molecule has 1 saturated heterocycles. The molecule has 0 unspecified atom stereocenters. The Morgan fingerprint density at radius 3 is 2.38 bits per heavy atom. The summed E-state index contributed by atoms with van der Waals surface area (Å²) < 4.78 is 5.72. The minimum Gasteiger partial charge on any atom is -0.489 e. The highest BCUT2D eigenvalue weighted by molar-refractivity contribution is 5.96. The second-order valence-corrected chi connectivity index (χ2v) is 7.49. The number of nitrogens with one attached hydrogen (secondary N) is 2. The van der Waals surface area contributed by atoms with Crippen LogP contribution in [0.25, 0.3) is 0 Å². The normalized spacial score (nSPS) is 13.8. The Morgan fingerprint density at radius 1 is 1.00 bits per heavy atom. The predicted octanol–water partition coefficient (Wildman–Crippen LogP) is 4.15. The molecule has 0 aromatic heterocycles. The number of benzene rings is 2. The fourth-order valence-electron chi connectivity index (χ4n) is 3.31.